The standard InChI is InChI=1S/C23H22F4N4O/c1-28-22(30-14-18-9-10-19(24)12-20(18)23(25,26)27)29-13-16-5-7-17(8-6-16)15-31-11-3-2-4-21(31)32/h2-12H,13-15H2,1H3,(H2,28,29,30). The molecule has 0 radical (unpaired) electrons. The minimum absolute atomic E-state index is 0.0806. The van der Waals surface area contributed by atoms with Crippen LogP contribution >= 0.6 is 0 Å². The molecule has 0 bridgehead atoms. The molecule has 0 aliphatic heterocycles. The van der Waals surface area contributed by atoms with E-state index in [1.807, 2.05) is 24.3 Å². The molecule has 0 atom stereocenters. The molecule has 5 nitrogen and oxygen atoms in total. The third-order valence-corrected chi connectivity index (χ3v) is 4.78. The van der Waals surface area contributed by atoms with Crippen LogP contribution in [0.4, 0.5) is 17.6 Å². The Kier molecular flexibility index (Phi) is 7.29. The molecule has 0 saturated carbocycles. The molecular formula is C23H22F4N4O. The van der Waals surface area contributed by atoms with E-state index >= 15 is 0 Å². The number of pyridine rings is 1. The first-order valence-corrected chi connectivity index (χ1v) is 9.79. The molecular weight excluding hydrogens is 424 g/mol. The largest absolute Gasteiger partial charge is 0.416 e. The van der Waals surface area contributed by atoms with Gasteiger partial charge in [0.15, 0.2) is 5.96 Å². The van der Waals surface area contributed by atoms with Gasteiger partial charge >= 0.3 is 6.18 Å². The van der Waals surface area contributed by atoms with Crippen LogP contribution in [-0.4, -0.2) is 17.6 Å². The predicted octanol–water partition coefficient (Wildman–Crippen LogP) is 3.92. The Morgan fingerprint density at radius 3 is 2.31 bits per heavy atom. The second-order valence-corrected chi connectivity index (χ2v) is 7.06. The van der Waals surface area contributed by atoms with E-state index in [1.54, 1.807) is 22.9 Å². The summed E-state index contributed by atoms with van der Waals surface area (Å²) in [5.41, 5.74) is 0.703. The molecule has 0 unspecified atom stereocenters. The molecule has 3 rings (SSSR count). The number of halogens is 4. The first-order chi connectivity index (χ1) is 15.3. The van der Waals surface area contributed by atoms with Gasteiger partial charge in [0, 0.05) is 32.4 Å². The molecule has 1 aromatic heterocycles. The molecule has 32 heavy (non-hydrogen) atoms. The lowest BCUT2D eigenvalue weighted by molar-refractivity contribution is -0.138. The molecule has 0 spiro atoms. The lowest BCUT2D eigenvalue weighted by Crippen LogP contribution is -2.36. The monoisotopic (exact) mass is 446 g/mol. The van der Waals surface area contributed by atoms with Crippen LogP contribution in [0.2, 0.25) is 0 Å². The van der Waals surface area contributed by atoms with Gasteiger partial charge in [-0.3, -0.25) is 9.79 Å². The van der Waals surface area contributed by atoms with E-state index in [0.717, 1.165) is 23.3 Å². The quantitative estimate of drug-likeness (QED) is 0.343. The molecule has 2 N–H and O–H groups in total. The number of nitrogens with zero attached hydrogens (tertiary/aromatic N) is 2. The number of hydrogen-bond acceptors (Lipinski definition) is 2. The molecule has 0 fully saturated rings. The van der Waals surface area contributed by atoms with Gasteiger partial charge in [-0.2, -0.15) is 13.2 Å². The minimum atomic E-state index is -4.65. The average molecular weight is 446 g/mol. The summed E-state index contributed by atoms with van der Waals surface area (Å²) in [7, 11) is 1.51. The fraction of sp³-hybridized carbons (Fsp3) is 0.217. The van der Waals surface area contributed by atoms with Crippen LogP contribution in [0.15, 0.2) is 76.6 Å². The normalized spacial score (nSPS) is 12.0. The summed E-state index contributed by atoms with van der Waals surface area (Å²) in [6.45, 7) is 0.677. The molecule has 2 aromatic carbocycles. The zero-order valence-electron chi connectivity index (χ0n) is 17.3. The molecule has 0 amide bonds. The van der Waals surface area contributed by atoms with E-state index in [1.165, 1.54) is 13.1 Å². The van der Waals surface area contributed by atoms with E-state index in [0.29, 0.717) is 25.1 Å². The Hall–Kier alpha value is -3.62. The smallest absolute Gasteiger partial charge is 0.352 e. The second kappa shape index (κ2) is 10.1. The molecule has 168 valence electrons. The minimum Gasteiger partial charge on any atom is -0.352 e. The summed E-state index contributed by atoms with van der Waals surface area (Å²) in [5.74, 6) is -0.633. The van der Waals surface area contributed by atoms with E-state index in [9.17, 15) is 22.4 Å². The van der Waals surface area contributed by atoms with Crippen LogP contribution in [0.1, 0.15) is 22.3 Å². The zero-order valence-corrected chi connectivity index (χ0v) is 17.3. The van der Waals surface area contributed by atoms with Gasteiger partial charge in [0.1, 0.15) is 5.82 Å². The summed E-state index contributed by atoms with van der Waals surface area (Å²) in [5, 5.41) is 5.85. The number of alkyl halides is 3. The number of benzene rings is 2. The first-order valence-electron chi connectivity index (χ1n) is 9.79. The Bertz CT molecular complexity index is 1140. The van der Waals surface area contributed by atoms with Gasteiger partial charge in [0.05, 0.1) is 12.1 Å². The zero-order chi connectivity index (χ0) is 23.1. The average Bonchev–Trinajstić information content (AvgIpc) is 2.76. The highest BCUT2D eigenvalue weighted by atomic mass is 19.4. The van der Waals surface area contributed by atoms with Crippen LogP contribution in [0.25, 0.3) is 0 Å². The maximum Gasteiger partial charge on any atom is 0.416 e. The Labute approximate surface area is 182 Å². The molecule has 0 aliphatic carbocycles. The Morgan fingerprint density at radius 1 is 0.969 bits per heavy atom. The van der Waals surface area contributed by atoms with Crippen molar-refractivity contribution in [2.45, 2.75) is 25.8 Å². The van der Waals surface area contributed by atoms with Gasteiger partial charge in [0.2, 0.25) is 0 Å². The summed E-state index contributed by atoms with van der Waals surface area (Å²) >= 11 is 0. The number of guanidine groups is 1. The lowest BCUT2D eigenvalue weighted by atomic mass is 10.1. The van der Waals surface area contributed by atoms with Crippen molar-refractivity contribution in [2.24, 2.45) is 4.99 Å². The van der Waals surface area contributed by atoms with E-state index < -0.39 is 17.6 Å². The first kappa shape index (κ1) is 23.1. The third-order valence-electron chi connectivity index (χ3n) is 4.78. The second-order valence-electron chi connectivity index (χ2n) is 7.06. The molecule has 0 saturated heterocycles. The van der Waals surface area contributed by atoms with Crippen LogP contribution < -0.4 is 16.2 Å². The summed E-state index contributed by atoms with van der Waals surface area (Å²) in [4.78, 5) is 15.8. The maximum absolute atomic E-state index is 13.2. The van der Waals surface area contributed by atoms with Gasteiger partial charge in [-0.15, -0.1) is 0 Å². The number of nitrogens with one attached hydrogen (secondary N) is 2. The van der Waals surface area contributed by atoms with Crippen molar-refractivity contribution in [3.8, 4) is 0 Å². The summed E-state index contributed by atoms with van der Waals surface area (Å²) < 4.78 is 54.3. The molecule has 3 aromatic rings. The van der Waals surface area contributed by atoms with Crippen molar-refractivity contribution in [2.75, 3.05) is 7.05 Å². The van der Waals surface area contributed by atoms with Gasteiger partial charge in [-0.1, -0.05) is 36.4 Å². The Balaban J connectivity index is 1.57. The summed E-state index contributed by atoms with van der Waals surface area (Å²) in [6.07, 6.45) is -2.93. The maximum atomic E-state index is 13.2. The lowest BCUT2D eigenvalue weighted by Gasteiger charge is -2.16. The van der Waals surface area contributed by atoms with E-state index in [2.05, 4.69) is 15.6 Å². The van der Waals surface area contributed by atoms with Crippen molar-refractivity contribution in [3.63, 3.8) is 0 Å². The highest BCUT2D eigenvalue weighted by molar-refractivity contribution is 5.79. The van der Waals surface area contributed by atoms with Crippen molar-refractivity contribution >= 4 is 5.96 Å². The van der Waals surface area contributed by atoms with Crippen molar-refractivity contribution in [1.29, 1.82) is 0 Å². The van der Waals surface area contributed by atoms with Crippen LogP contribution in [0.5, 0.6) is 0 Å². The third kappa shape index (κ3) is 6.19. The predicted molar refractivity (Wildman–Crippen MR) is 115 cm³/mol. The van der Waals surface area contributed by atoms with Gasteiger partial charge in [-0.05, 0) is 34.9 Å². The SMILES string of the molecule is CN=C(NCc1ccc(Cn2ccccc2=O)cc1)NCc1ccc(F)cc1C(F)(F)F. The molecule has 9 heteroatoms. The van der Waals surface area contributed by atoms with Gasteiger partial charge in [-0.25, -0.2) is 4.39 Å². The summed E-state index contributed by atoms with van der Waals surface area (Å²) in [6, 6.07) is 15.2. The van der Waals surface area contributed by atoms with Crippen LogP contribution in [0.3, 0.4) is 0 Å². The highest BCUT2D eigenvalue weighted by Crippen LogP contribution is 2.32. The van der Waals surface area contributed by atoms with Crippen LogP contribution in [0, 0.1) is 5.82 Å². The number of hydrogen-bond donors (Lipinski definition) is 2. The number of aromatic nitrogens is 1. The van der Waals surface area contributed by atoms with Crippen molar-refractivity contribution in [1.82, 2.24) is 15.2 Å². The van der Waals surface area contributed by atoms with Crippen LogP contribution in [-0.2, 0) is 25.8 Å². The topological polar surface area (TPSA) is 58.4 Å². The highest BCUT2D eigenvalue weighted by Gasteiger charge is 2.33. The fourth-order valence-corrected chi connectivity index (χ4v) is 3.10. The van der Waals surface area contributed by atoms with Gasteiger partial charge < -0.3 is 15.2 Å². The van der Waals surface area contributed by atoms with Crippen molar-refractivity contribution in [3.05, 3.63) is 105 Å². The molecule has 1 heterocycles. The number of aliphatic imine (C=N–C) groups is 1. The van der Waals surface area contributed by atoms with E-state index in [-0.39, 0.29) is 17.7 Å². The molecule has 0 aliphatic rings. The van der Waals surface area contributed by atoms with E-state index in [4.69, 9.17) is 0 Å². The fourth-order valence-electron chi connectivity index (χ4n) is 3.10. The Morgan fingerprint density at radius 2 is 1.66 bits per heavy atom. The van der Waals surface area contributed by atoms with Gasteiger partial charge in [0.25, 0.3) is 5.56 Å². The number of rotatable bonds is 6. The van der Waals surface area contributed by atoms with Crippen molar-refractivity contribution < 1.29 is 17.6 Å².